The molecule has 0 heterocycles. The van der Waals surface area contributed by atoms with E-state index in [1.165, 1.54) is 154 Å². The maximum Gasteiger partial charge on any atom is 0.303 e. The van der Waals surface area contributed by atoms with Gasteiger partial charge in [0.15, 0.2) is 0 Å². The van der Waals surface area contributed by atoms with Crippen molar-refractivity contribution in [2.75, 3.05) is 6.61 Å². The fraction of sp³-hybridized carbons (Fsp3) is 0.912. The fourth-order valence-electron chi connectivity index (χ4n) is 4.65. The van der Waals surface area contributed by atoms with Gasteiger partial charge in [-0.15, -0.1) is 0 Å². The molecule has 0 aliphatic rings. The minimum absolute atomic E-state index is 0.332. The second-order valence-corrected chi connectivity index (χ2v) is 11.0. The number of carboxylic acid groups (broad SMARTS) is 1. The number of carbonyl (C=O) groups is 1. The van der Waals surface area contributed by atoms with E-state index < -0.39 is 5.97 Å². The van der Waals surface area contributed by atoms with Crippen LogP contribution in [0, 0.1) is 0 Å². The van der Waals surface area contributed by atoms with Crippen LogP contribution in [0.5, 0.6) is 0 Å². The van der Waals surface area contributed by atoms with Crippen LogP contribution < -0.4 is 0 Å². The summed E-state index contributed by atoms with van der Waals surface area (Å²) in [6.45, 7) is 4.91. The molecule has 0 aliphatic carbocycles. The highest BCUT2D eigenvalue weighted by atomic mass is 16.4. The number of hydrogen-bond acceptors (Lipinski definition) is 2. The molecule has 3 heteroatoms. The van der Waals surface area contributed by atoms with Crippen molar-refractivity contribution in [1.82, 2.24) is 0 Å². The van der Waals surface area contributed by atoms with Gasteiger partial charge in [-0.1, -0.05) is 161 Å². The van der Waals surface area contributed by atoms with Gasteiger partial charge >= 0.3 is 5.97 Å². The molecule has 0 bridgehead atoms. The van der Waals surface area contributed by atoms with Crippen LogP contribution in [0.4, 0.5) is 0 Å². The average Bonchev–Trinajstić information content (AvgIpc) is 2.89. The number of carboxylic acids is 1. The summed E-state index contributed by atoms with van der Waals surface area (Å²) in [5.41, 5.74) is 0. The van der Waals surface area contributed by atoms with Crippen molar-refractivity contribution in [3.63, 3.8) is 0 Å². The molecule has 37 heavy (non-hydrogen) atoms. The Balaban J connectivity index is 0. The highest BCUT2D eigenvalue weighted by Gasteiger charge is 1.96. The first-order chi connectivity index (χ1) is 18.2. The van der Waals surface area contributed by atoms with Gasteiger partial charge in [-0.05, 0) is 38.5 Å². The van der Waals surface area contributed by atoms with E-state index in [1.54, 1.807) is 0 Å². The minimum Gasteiger partial charge on any atom is -0.481 e. The van der Waals surface area contributed by atoms with E-state index >= 15 is 0 Å². The molecular weight excluding hydrogens is 456 g/mol. The number of allylic oxidation sites excluding steroid dienone is 2. The topological polar surface area (TPSA) is 57.5 Å². The van der Waals surface area contributed by atoms with Gasteiger partial charge in [0.2, 0.25) is 0 Å². The molecule has 0 aromatic heterocycles. The monoisotopic (exact) mass is 525 g/mol. The van der Waals surface area contributed by atoms with E-state index in [-0.39, 0.29) is 0 Å². The van der Waals surface area contributed by atoms with Gasteiger partial charge < -0.3 is 10.2 Å². The lowest BCUT2D eigenvalue weighted by atomic mass is 10.0. The molecule has 0 amide bonds. The summed E-state index contributed by atoms with van der Waals surface area (Å²) in [7, 11) is 0. The van der Waals surface area contributed by atoms with E-state index in [0.29, 0.717) is 13.0 Å². The van der Waals surface area contributed by atoms with Gasteiger partial charge in [0.25, 0.3) is 0 Å². The second-order valence-electron chi connectivity index (χ2n) is 11.0. The highest BCUT2D eigenvalue weighted by molar-refractivity contribution is 5.66. The Hall–Kier alpha value is -0.830. The summed E-state index contributed by atoms with van der Waals surface area (Å²) >= 11 is 0. The van der Waals surface area contributed by atoms with Crippen molar-refractivity contribution in [3.8, 4) is 0 Å². The predicted octanol–water partition coefficient (Wildman–Crippen LogP) is 11.6. The Bertz CT molecular complexity index is 419. The molecule has 0 aromatic carbocycles. The van der Waals surface area contributed by atoms with Gasteiger partial charge in [0, 0.05) is 13.0 Å². The first kappa shape index (κ1) is 38.3. The van der Waals surface area contributed by atoms with E-state index in [1.807, 2.05) is 0 Å². The first-order valence-electron chi connectivity index (χ1n) is 16.7. The zero-order valence-corrected chi connectivity index (χ0v) is 25.5. The summed E-state index contributed by atoms with van der Waals surface area (Å²) < 4.78 is 0. The van der Waals surface area contributed by atoms with Crippen LogP contribution in [-0.2, 0) is 4.79 Å². The molecule has 2 N–H and O–H groups in total. The quantitative estimate of drug-likeness (QED) is 0.0755. The first-order valence-corrected chi connectivity index (χ1v) is 16.7. The zero-order chi connectivity index (χ0) is 27.5. The van der Waals surface area contributed by atoms with Gasteiger partial charge in [-0.3, -0.25) is 4.79 Å². The van der Waals surface area contributed by atoms with Crippen molar-refractivity contribution in [2.45, 2.75) is 194 Å². The van der Waals surface area contributed by atoms with E-state index in [4.69, 9.17) is 10.2 Å². The number of aliphatic carboxylic acids is 1. The number of rotatable bonds is 29. The van der Waals surface area contributed by atoms with E-state index in [0.717, 1.165) is 19.3 Å². The lowest BCUT2D eigenvalue weighted by molar-refractivity contribution is -0.137. The molecule has 0 spiro atoms. The molecule has 0 rings (SSSR count). The summed E-state index contributed by atoms with van der Waals surface area (Å²) in [5.74, 6) is -0.664. The maximum absolute atomic E-state index is 10.3. The highest BCUT2D eigenvalue weighted by Crippen LogP contribution is 2.13. The standard InChI is InChI=1S/C18H34O2.C16H34O/c1-2-3-4-5-6-7-8-9-10-11-12-13-14-15-16-17-18(19)20;1-2-3-4-5-6-7-8-9-10-11-12-13-14-15-16-17/h9-10H,2-8,11-17H2,1H3,(H,19,20);17H,2-16H2,1H3. The van der Waals surface area contributed by atoms with E-state index in [2.05, 4.69) is 26.0 Å². The smallest absolute Gasteiger partial charge is 0.303 e. The largest absolute Gasteiger partial charge is 0.481 e. The summed E-state index contributed by atoms with van der Waals surface area (Å²) in [4.78, 5) is 10.3. The summed E-state index contributed by atoms with van der Waals surface area (Å²) in [5, 5.41) is 17.2. The van der Waals surface area contributed by atoms with Crippen LogP contribution in [0.2, 0.25) is 0 Å². The van der Waals surface area contributed by atoms with Crippen LogP contribution in [0.3, 0.4) is 0 Å². The van der Waals surface area contributed by atoms with Crippen molar-refractivity contribution < 1.29 is 15.0 Å². The van der Waals surface area contributed by atoms with Crippen molar-refractivity contribution in [3.05, 3.63) is 12.2 Å². The zero-order valence-electron chi connectivity index (χ0n) is 25.5. The molecule has 3 nitrogen and oxygen atoms in total. The third-order valence-corrected chi connectivity index (χ3v) is 7.16. The van der Waals surface area contributed by atoms with Crippen molar-refractivity contribution >= 4 is 5.97 Å². The number of aliphatic hydroxyl groups excluding tert-OH is 1. The average molecular weight is 525 g/mol. The molecule has 0 radical (unpaired) electrons. The second kappa shape index (κ2) is 37.3. The SMILES string of the molecule is CCCCCCCCC=CCCCCCCCC(=O)O.CCCCCCCCCCCCCCCCO. The molecular formula is C34H68O3. The van der Waals surface area contributed by atoms with Gasteiger partial charge in [0.1, 0.15) is 0 Å². The van der Waals surface area contributed by atoms with Crippen LogP contribution in [0.1, 0.15) is 194 Å². The summed E-state index contributed by atoms with van der Waals surface area (Å²) in [6.07, 6.45) is 40.4. The molecule has 0 saturated carbocycles. The Morgan fingerprint density at radius 2 is 0.757 bits per heavy atom. The van der Waals surface area contributed by atoms with Crippen LogP contribution in [0.15, 0.2) is 12.2 Å². The van der Waals surface area contributed by atoms with Gasteiger partial charge in [0.05, 0.1) is 0 Å². The van der Waals surface area contributed by atoms with Gasteiger partial charge in [-0.25, -0.2) is 0 Å². The molecule has 222 valence electrons. The normalized spacial score (nSPS) is 11.1. The maximum atomic E-state index is 10.3. The van der Waals surface area contributed by atoms with Crippen molar-refractivity contribution in [1.29, 1.82) is 0 Å². The molecule has 0 fully saturated rings. The van der Waals surface area contributed by atoms with E-state index in [9.17, 15) is 4.79 Å². The third-order valence-electron chi connectivity index (χ3n) is 7.16. The van der Waals surface area contributed by atoms with Crippen LogP contribution in [0.25, 0.3) is 0 Å². The number of aliphatic hydroxyl groups is 1. The Morgan fingerprint density at radius 3 is 1.08 bits per heavy atom. The number of unbranched alkanes of at least 4 members (excludes halogenated alkanes) is 24. The van der Waals surface area contributed by atoms with Crippen LogP contribution in [-0.4, -0.2) is 22.8 Å². The molecule has 0 unspecified atom stereocenters. The Kier molecular flexibility index (Phi) is 38.7. The van der Waals surface area contributed by atoms with Crippen molar-refractivity contribution in [2.24, 2.45) is 0 Å². The molecule has 0 aromatic rings. The molecule has 0 aliphatic heterocycles. The predicted molar refractivity (Wildman–Crippen MR) is 164 cm³/mol. The fourth-order valence-corrected chi connectivity index (χ4v) is 4.65. The third kappa shape index (κ3) is 42.5. The molecule has 0 saturated heterocycles. The van der Waals surface area contributed by atoms with Gasteiger partial charge in [-0.2, -0.15) is 0 Å². The Labute approximate surface area is 233 Å². The van der Waals surface area contributed by atoms with Crippen LogP contribution >= 0.6 is 0 Å². The summed E-state index contributed by atoms with van der Waals surface area (Å²) in [6, 6.07) is 0. The minimum atomic E-state index is -0.664. The number of hydrogen-bond donors (Lipinski definition) is 2. The Morgan fingerprint density at radius 1 is 0.459 bits per heavy atom. The lowest BCUT2D eigenvalue weighted by Crippen LogP contribution is -1.93. The molecule has 0 atom stereocenters. The lowest BCUT2D eigenvalue weighted by Gasteiger charge is -2.02.